The lowest BCUT2D eigenvalue weighted by Crippen LogP contribution is -2.28. The van der Waals surface area contributed by atoms with Gasteiger partial charge in [-0.1, -0.05) is 6.07 Å². The van der Waals surface area contributed by atoms with Crippen molar-refractivity contribution < 1.29 is 34.1 Å². The second-order valence-corrected chi connectivity index (χ2v) is 8.94. The summed E-state index contributed by atoms with van der Waals surface area (Å²) in [5, 5.41) is 19.8. The van der Waals surface area contributed by atoms with E-state index in [0.717, 1.165) is 11.8 Å². The number of anilines is 1. The predicted octanol–water partition coefficient (Wildman–Crippen LogP) is 5.26. The molecule has 2 N–H and O–H groups in total. The summed E-state index contributed by atoms with van der Waals surface area (Å²) in [6.07, 6.45) is 1.58. The number of carbonyl (C=O) groups is 3. The molecule has 0 radical (unpaired) electrons. The minimum absolute atomic E-state index is 0.245. The van der Waals surface area contributed by atoms with Gasteiger partial charge in [-0.25, -0.2) is 14.6 Å². The van der Waals surface area contributed by atoms with Gasteiger partial charge in [0.1, 0.15) is 0 Å². The van der Waals surface area contributed by atoms with Gasteiger partial charge in [0, 0.05) is 0 Å². The van der Waals surface area contributed by atoms with Crippen LogP contribution in [-0.2, 0) is 14.3 Å². The molecule has 1 amide bonds. The first-order valence-corrected chi connectivity index (χ1v) is 12.5. The van der Waals surface area contributed by atoms with Gasteiger partial charge < -0.3 is 19.7 Å². The molecule has 4 rings (SSSR count). The summed E-state index contributed by atoms with van der Waals surface area (Å²) in [5.74, 6) is -1.85. The normalized spacial score (nSPS) is 15.2. The first kappa shape index (κ1) is 26.5. The van der Waals surface area contributed by atoms with Gasteiger partial charge in [0.25, 0.3) is 5.91 Å². The van der Waals surface area contributed by atoms with E-state index in [-0.39, 0.29) is 30.6 Å². The van der Waals surface area contributed by atoms with Gasteiger partial charge in [0.2, 0.25) is 0 Å². The fourth-order valence-electron chi connectivity index (χ4n) is 3.52. The molecule has 1 aliphatic heterocycles. The van der Waals surface area contributed by atoms with Crippen LogP contribution in [0.5, 0.6) is 11.5 Å². The van der Waals surface area contributed by atoms with Crippen LogP contribution in [0.15, 0.2) is 76.6 Å². The van der Waals surface area contributed by atoms with Crippen LogP contribution < -0.4 is 4.90 Å². The van der Waals surface area contributed by atoms with Crippen molar-refractivity contribution >= 4 is 52.2 Å². The zero-order chi connectivity index (χ0) is 27.2. The van der Waals surface area contributed by atoms with Crippen LogP contribution in [-0.4, -0.2) is 46.4 Å². The third-order valence-electron chi connectivity index (χ3n) is 5.34. The summed E-state index contributed by atoms with van der Waals surface area (Å²) in [5.41, 5.74) is 2.22. The Bertz CT molecular complexity index is 1430. The van der Waals surface area contributed by atoms with Gasteiger partial charge in [-0.2, -0.15) is 0 Å². The van der Waals surface area contributed by atoms with Gasteiger partial charge in [-0.3, -0.25) is 9.69 Å². The number of amides is 1. The molecule has 3 aromatic rings. The van der Waals surface area contributed by atoms with Gasteiger partial charge in [-0.15, -0.1) is 0 Å². The van der Waals surface area contributed by atoms with Gasteiger partial charge >= 0.3 is 11.9 Å². The maximum atomic E-state index is 13.5. The lowest BCUT2D eigenvalue weighted by atomic mass is 10.1. The first-order valence-electron chi connectivity index (χ1n) is 11.7. The second-order valence-electron chi connectivity index (χ2n) is 7.93. The third-order valence-corrected chi connectivity index (χ3v) is 6.31. The Labute approximate surface area is 223 Å². The highest BCUT2D eigenvalue weighted by Gasteiger charge is 2.35. The number of thioether (sulfide) groups is 1. The summed E-state index contributed by atoms with van der Waals surface area (Å²) < 4.78 is 10.0. The summed E-state index contributed by atoms with van der Waals surface area (Å²) in [6.45, 7) is 3.95. The molecule has 0 aromatic heterocycles. The van der Waals surface area contributed by atoms with E-state index in [1.807, 2.05) is 0 Å². The molecule has 0 aliphatic carbocycles. The minimum atomic E-state index is -0.468. The van der Waals surface area contributed by atoms with Crippen molar-refractivity contribution in [3.63, 3.8) is 0 Å². The molecule has 38 heavy (non-hydrogen) atoms. The Morgan fingerprint density at radius 1 is 0.868 bits per heavy atom. The fourth-order valence-corrected chi connectivity index (χ4v) is 4.52. The Balaban J connectivity index is 1.71. The number of aliphatic imine (C=N–C) groups is 1. The topological polar surface area (TPSA) is 126 Å². The molecule has 9 nitrogen and oxygen atoms in total. The van der Waals surface area contributed by atoms with Crippen LogP contribution in [0.2, 0.25) is 0 Å². The Morgan fingerprint density at radius 2 is 1.45 bits per heavy atom. The number of hydrogen-bond acceptors (Lipinski definition) is 9. The number of phenols is 2. The van der Waals surface area contributed by atoms with Crippen molar-refractivity contribution in [1.29, 1.82) is 0 Å². The van der Waals surface area contributed by atoms with E-state index in [1.54, 1.807) is 74.5 Å². The summed E-state index contributed by atoms with van der Waals surface area (Å²) >= 11 is 1.12. The number of phenolic OH excluding ortho intramolecular Hbond substituents is 2. The molecule has 0 atom stereocenters. The molecule has 0 spiro atoms. The Kier molecular flexibility index (Phi) is 8.12. The average molecular weight is 533 g/mol. The number of esters is 2. The van der Waals surface area contributed by atoms with Crippen molar-refractivity contribution in [1.82, 2.24) is 0 Å². The Morgan fingerprint density at radius 3 is 2.00 bits per heavy atom. The number of ether oxygens (including phenoxy) is 2. The van der Waals surface area contributed by atoms with Crippen molar-refractivity contribution in [3.8, 4) is 11.5 Å². The van der Waals surface area contributed by atoms with E-state index in [2.05, 4.69) is 4.99 Å². The standard InChI is InChI=1S/C28H24N2O7S/c1-3-36-26(34)18-6-10-20(11-7-18)29-28-30(21-12-8-19(9-13-21)27(35)37-4-2)25(33)24(38-28)16-17-5-14-22(31)23(32)15-17/h5-16,31-32H,3-4H2,1-2H3. The molecule has 1 saturated heterocycles. The largest absolute Gasteiger partial charge is 0.504 e. The minimum Gasteiger partial charge on any atom is -0.504 e. The van der Waals surface area contributed by atoms with Crippen molar-refractivity contribution in [2.45, 2.75) is 13.8 Å². The summed E-state index contributed by atoms with van der Waals surface area (Å²) in [4.78, 5) is 43.9. The number of benzene rings is 3. The highest BCUT2D eigenvalue weighted by Crippen LogP contribution is 2.38. The second kappa shape index (κ2) is 11.7. The summed E-state index contributed by atoms with van der Waals surface area (Å²) in [7, 11) is 0. The average Bonchev–Trinajstić information content (AvgIpc) is 3.21. The molecule has 1 fully saturated rings. The smallest absolute Gasteiger partial charge is 0.338 e. The zero-order valence-electron chi connectivity index (χ0n) is 20.6. The Hall–Kier alpha value is -4.57. The monoisotopic (exact) mass is 532 g/mol. The quantitative estimate of drug-likeness (QED) is 0.240. The number of aromatic hydroxyl groups is 2. The number of nitrogens with zero attached hydrogens (tertiary/aromatic N) is 2. The van der Waals surface area contributed by atoms with E-state index < -0.39 is 11.9 Å². The van der Waals surface area contributed by atoms with Crippen molar-refractivity contribution in [2.75, 3.05) is 18.1 Å². The molecule has 3 aromatic carbocycles. The van der Waals surface area contributed by atoms with E-state index in [1.165, 1.54) is 17.0 Å². The highest BCUT2D eigenvalue weighted by molar-refractivity contribution is 8.19. The number of carbonyl (C=O) groups excluding carboxylic acids is 3. The van der Waals surface area contributed by atoms with Crippen LogP contribution in [0.4, 0.5) is 11.4 Å². The van der Waals surface area contributed by atoms with Crippen LogP contribution in [0, 0.1) is 0 Å². The maximum absolute atomic E-state index is 13.5. The maximum Gasteiger partial charge on any atom is 0.338 e. The van der Waals surface area contributed by atoms with E-state index in [9.17, 15) is 24.6 Å². The lowest BCUT2D eigenvalue weighted by Gasteiger charge is -2.16. The summed E-state index contributed by atoms with van der Waals surface area (Å²) in [6, 6.07) is 17.1. The molecule has 1 aliphatic rings. The highest BCUT2D eigenvalue weighted by atomic mass is 32.2. The number of amidine groups is 1. The van der Waals surface area contributed by atoms with E-state index in [0.29, 0.717) is 38.1 Å². The van der Waals surface area contributed by atoms with E-state index >= 15 is 0 Å². The van der Waals surface area contributed by atoms with Crippen LogP contribution in [0.1, 0.15) is 40.1 Å². The molecule has 0 saturated carbocycles. The van der Waals surface area contributed by atoms with Crippen molar-refractivity contribution in [2.24, 2.45) is 4.99 Å². The molecular formula is C28H24N2O7S. The molecular weight excluding hydrogens is 508 g/mol. The molecule has 194 valence electrons. The molecule has 10 heteroatoms. The van der Waals surface area contributed by atoms with Crippen LogP contribution in [0.25, 0.3) is 6.08 Å². The molecule has 0 bridgehead atoms. The van der Waals surface area contributed by atoms with Gasteiger partial charge in [0.15, 0.2) is 16.7 Å². The molecule has 0 unspecified atom stereocenters. The van der Waals surface area contributed by atoms with Crippen molar-refractivity contribution in [3.05, 3.63) is 88.3 Å². The van der Waals surface area contributed by atoms with Gasteiger partial charge in [0.05, 0.1) is 40.6 Å². The van der Waals surface area contributed by atoms with Gasteiger partial charge in [-0.05, 0) is 97.9 Å². The predicted molar refractivity (Wildman–Crippen MR) is 145 cm³/mol. The number of rotatable bonds is 7. The van der Waals surface area contributed by atoms with Crippen LogP contribution >= 0.6 is 11.8 Å². The first-order chi connectivity index (χ1) is 18.3. The van der Waals surface area contributed by atoms with E-state index in [4.69, 9.17) is 9.47 Å². The van der Waals surface area contributed by atoms with Crippen LogP contribution in [0.3, 0.4) is 0 Å². The fraction of sp³-hybridized carbons (Fsp3) is 0.143. The zero-order valence-corrected chi connectivity index (χ0v) is 21.4. The third kappa shape index (κ3) is 5.87. The SMILES string of the molecule is CCOC(=O)c1ccc(N=C2SC(=Cc3ccc(O)c(O)c3)C(=O)N2c2ccc(C(=O)OCC)cc2)cc1. The molecule has 1 heterocycles. The lowest BCUT2D eigenvalue weighted by molar-refractivity contribution is -0.113. The number of hydrogen-bond donors (Lipinski definition) is 2.